The Morgan fingerprint density at radius 2 is 1.83 bits per heavy atom. The largest absolute Gasteiger partial charge is 0.362 e. The third-order valence-electron chi connectivity index (χ3n) is 0.246. The average Bonchev–Trinajstić information content (AvgIpc) is 1.35. The van der Waals surface area contributed by atoms with Gasteiger partial charge in [0.25, 0.3) is 0 Å². The van der Waals surface area contributed by atoms with Crippen LogP contribution in [0, 0.1) is 0 Å². The smallest absolute Gasteiger partial charge is 0.227 e. The van der Waals surface area contributed by atoms with E-state index in [0.717, 1.165) is 0 Å². The summed E-state index contributed by atoms with van der Waals surface area (Å²) in [6.45, 7) is -0.143. The number of hydrogen-bond donors (Lipinski definition) is 2. The highest BCUT2D eigenvalue weighted by Crippen LogP contribution is 2.12. The summed E-state index contributed by atoms with van der Waals surface area (Å²) < 4.78 is -1.74. The Morgan fingerprint density at radius 1 is 1.67 bits per heavy atom. The van der Waals surface area contributed by atoms with E-state index in [4.69, 9.17) is 34.0 Å². The van der Waals surface area contributed by atoms with Gasteiger partial charge in [0.2, 0.25) is 4.52 Å². The minimum Gasteiger partial charge on any atom is -0.362 e. The van der Waals surface area contributed by atoms with Crippen LogP contribution in [0.5, 0.6) is 0 Å². The summed E-state index contributed by atoms with van der Waals surface area (Å²) in [5, 5.41) is 8.23. The summed E-state index contributed by atoms with van der Waals surface area (Å²) >= 11 is 9.83. The first-order valence-corrected chi connectivity index (χ1v) is 2.12. The maximum absolute atomic E-state index is 8.23. The molecule has 2 nitrogen and oxygen atoms in total. The fourth-order valence-corrected chi connectivity index (χ4v) is 0. The molecule has 0 rings (SSSR count). The van der Waals surface area contributed by atoms with Gasteiger partial charge in [-0.15, -0.1) is 0 Å². The standard InChI is InChI=1S/C2H5Cl2NO/c3-2(4,6)1-5/h6H,1,5H2. The number of hydrogen-bond acceptors (Lipinski definition) is 2. The molecule has 0 heterocycles. The number of alkyl halides is 2. The molecule has 0 saturated carbocycles. The second-order valence-corrected chi connectivity index (χ2v) is 2.31. The SMILES string of the molecule is NCC(O)(Cl)Cl. The molecule has 38 valence electrons. The van der Waals surface area contributed by atoms with Crippen LogP contribution in [0.2, 0.25) is 0 Å². The van der Waals surface area contributed by atoms with Gasteiger partial charge in [-0.25, -0.2) is 0 Å². The van der Waals surface area contributed by atoms with Crippen molar-refractivity contribution in [1.29, 1.82) is 0 Å². The zero-order chi connectivity index (χ0) is 5.21. The average molecular weight is 130 g/mol. The van der Waals surface area contributed by atoms with E-state index in [2.05, 4.69) is 0 Å². The predicted molar refractivity (Wildman–Crippen MR) is 25.7 cm³/mol. The maximum Gasteiger partial charge on any atom is 0.227 e. The highest BCUT2D eigenvalue weighted by atomic mass is 35.5. The molecule has 0 aliphatic rings. The first-order chi connectivity index (χ1) is 2.56. The molecule has 3 N–H and O–H groups in total. The Morgan fingerprint density at radius 3 is 1.83 bits per heavy atom. The van der Waals surface area contributed by atoms with E-state index in [9.17, 15) is 0 Å². The summed E-state index contributed by atoms with van der Waals surface area (Å²) in [5.74, 6) is 0. The van der Waals surface area contributed by atoms with Gasteiger partial charge in [-0.1, -0.05) is 23.2 Å². The van der Waals surface area contributed by atoms with E-state index >= 15 is 0 Å². The molecule has 0 spiro atoms. The van der Waals surface area contributed by atoms with Crippen LogP contribution in [0.25, 0.3) is 0 Å². The topological polar surface area (TPSA) is 46.2 Å². The molecule has 0 radical (unpaired) electrons. The summed E-state index contributed by atoms with van der Waals surface area (Å²) in [6.07, 6.45) is 0. The van der Waals surface area contributed by atoms with Crippen molar-refractivity contribution in [2.24, 2.45) is 5.73 Å². The van der Waals surface area contributed by atoms with Gasteiger partial charge in [-0.05, 0) is 0 Å². The zero-order valence-corrected chi connectivity index (χ0v) is 4.50. The van der Waals surface area contributed by atoms with Gasteiger partial charge in [0.15, 0.2) is 0 Å². The van der Waals surface area contributed by atoms with Gasteiger partial charge in [0.05, 0.1) is 6.54 Å². The Bertz CT molecular complexity index is 41.3. The second-order valence-electron chi connectivity index (χ2n) is 0.870. The Hall–Kier alpha value is 0.500. The van der Waals surface area contributed by atoms with E-state index in [1.54, 1.807) is 0 Å². The number of halogens is 2. The molecule has 0 aromatic heterocycles. The van der Waals surface area contributed by atoms with Crippen LogP contribution in [0.3, 0.4) is 0 Å². The first kappa shape index (κ1) is 6.50. The summed E-state index contributed by atoms with van der Waals surface area (Å²) in [7, 11) is 0. The molecule has 0 aliphatic heterocycles. The van der Waals surface area contributed by atoms with Crippen LogP contribution in [-0.4, -0.2) is 16.2 Å². The number of rotatable bonds is 1. The minimum absolute atomic E-state index is 0.143. The van der Waals surface area contributed by atoms with Gasteiger partial charge in [-0.2, -0.15) is 0 Å². The molecule has 0 fully saturated rings. The Labute approximate surface area is 45.8 Å². The molecule has 0 saturated heterocycles. The number of aliphatic hydroxyl groups is 1. The number of nitrogens with two attached hydrogens (primary N) is 1. The van der Waals surface area contributed by atoms with Crippen LogP contribution in [-0.2, 0) is 0 Å². The third-order valence-corrected chi connectivity index (χ3v) is 0.554. The van der Waals surface area contributed by atoms with Gasteiger partial charge in [0.1, 0.15) is 0 Å². The van der Waals surface area contributed by atoms with Crippen molar-refractivity contribution in [3.63, 3.8) is 0 Å². The van der Waals surface area contributed by atoms with Crippen molar-refractivity contribution in [3.8, 4) is 0 Å². The van der Waals surface area contributed by atoms with E-state index < -0.39 is 4.52 Å². The van der Waals surface area contributed by atoms with Crippen LogP contribution in [0.4, 0.5) is 0 Å². The van der Waals surface area contributed by atoms with Gasteiger partial charge in [0, 0.05) is 0 Å². The summed E-state index contributed by atoms with van der Waals surface area (Å²) in [4.78, 5) is 0. The lowest BCUT2D eigenvalue weighted by atomic mass is 10.7. The normalized spacial score (nSPS) is 12.0. The van der Waals surface area contributed by atoms with E-state index in [0.29, 0.717) is 0 Å². The molecular formula is C2H5Cl2NO. The highest BCUT2D eigenvalue weighted by Gasteiger charge is 2.13. The van der Waals surface area contributed by atoms with Crippen LogP contribution < -0.4 is 5.73 Å². The molecule has 0 unspecified atom stereocenters. The molecule has 0 aromatic rings. The van der Waals surface area contributed by atoms with Gasteiger partial charge in [-0.3, -0.25) is 0 Å². The fraction of sp³-hybridized carbons (Fsp3) is 1.00. The van der Waals surface area contributed by atoms with Crippen molar-refractivity contribution in [1.82, 2.24) is 0 Å². The lowest BCUT2D eigenvalue weighted by molar-refractivity contribution is 0.223. The van der Waals surface area contributed by atoms with Crippen molar-refractivity contribution in [3.05, 3.63) is 0 Å². The summed E-state index contributed by atoms with van der Waals surface area (Å²) in [5.41, 5.74) is 4.79. The van der Waals surface area contributed by atoms with Crippen LogP contribution in [0.15, 0.2) is 0 Å². The van der Waals surface area contributed by atoms with Gasteiger partial charge >= 0.3 is 0 Å². The van der Waals surface area contributed by atoms with Crippen molar-refractivity contribution >= 4 is 23.2 Å². The van der Waals surface area contributed by atoms with Crippen LogP contribution in [0.1, 0.15) is 0 Å². The maximum atomic E-state index is 8.23. The third kappa shape index (κ3) is 4.50. The Kier molecular flexibility index (Phi) is 2.15. The quantitative estimate of drug-likeness (QED) is 0.493. The molecule has 0 atom stereocenters. The fourth-order valence-electron chi connectivity index (χ4n) is 0. The van der Waals surface area contributed by atoms with Crippen molar-refractivity contribution in [2.45, 2.75) is 4.52 Å². The summed E-state index contributed by atoms with van der Waals surface area (Å²) in [6, 6.07) is 0. The predicted octanol–water partition coefficient (Wildman–Crippen LogP) is 0.0688. The van der Waals surface area contributed by atoms with E-state index in [1.807, 2.05) is 0 Å². The molecule has 0 bridgehead atoms. The molecule has 0 aromatic carbocycles. The van der Waals surface area contributed by atoms with E-state index in [1.165, 1.54) is 0 Å². The molecular weight excluding hydrogens is 125 g/mol. The van der Waals surface area contributed by atoms with Crippen LogP contribution >= 0.6 is 23.2 Å². The zero-order valence-electron chi connectivity index (χ0n) is 2.99. The highest BCUT2D eigenvalue weighted by molar-refractivity contribution is 6.47. The first-order valence-electron chi connectivity index (χ1n) is 1.36. The molecule has 4 heteroatoms. The lowest BCUT2D eigenvalue weighted by Gasteiger charge is -2.04. The van der Waals surface area contributed by atoms with Crippen molar-refractivity contribution in [2.75, 3.05) is 6.54 Å². The van der Waals surface area contributed by atoms with E-state index in [-0.39, 0.29) is 6.54 Å². The molecule has 0 aliphatic carbocycles. The monoisotopic (exact) mass is 129 g/mol. The molecule has 0 amide bonds. The second kappa shape index (κ2) is 1.98. The minimum atomic E-state index is -1.74. The van der Waals surface area contributed by atoms with Crippen molar-refractivity contribution < 1.29 is 5.11 Å². The molecule has 6 heavy (non-hydrogen) atoms. The Balaban J connectivity index is 3.17. The van der Waals surface area contributed by atoms with Gasteiger partial charge < -0.3 is 10.8 Å². The lowest BCUT2D eigenvalue weighted by Crippen LogP contribution is -2.23.